The zero-order valence-corrected chi connectivity index (χ0v) is 19.1. The molecule has 0 spiro atoms. The fraction of sp³-hybridized carbons (Fsp3) is 0.542. The molecule has 3 rings (SSSR count). The minimum Gasteiger partial charge on any atom is -0.489 e. The third-order valence-corrected chi connectivity index (χ3v) is 5.63. The van der Waals surface area contributed by atoms with E-state index in [4.69, 9.17) is 14.5 Å². The predicted octanol–water partition coefficient (Wildman–Crippen LogP) is 3.69. The van der Waals surface area contributed by atoms with Crippen LogP contribution in [0.5, 0.6) is 5.75 Å². The van der Waals surface area contributed by atoms with Crippen molar-refractivity contribution in [2.45, 2.75) is 45.1 Å². The van der Waals surface area contributed by atoms with E-state index in [0.29, 0.717) is 6.42 Å². The molecule has 2 atom stereocenters. The third kappa shape index (κ3) is 6.66. The highest BCUT2D eigenvalue weighted by molar-refractivity contribution is 5.76. The maximum absolute atomic E-state index is 11.3. The van der Waals surface area contributed by atoms with Crippen molar-refractivity contribution in [1.29, 1.82) is 0 Å². The van der Waals surface area contributed by atoms with Gasteiger partial charge in [-0.2, -0.15) is 4.98 Å². The molecule has 0 saturated carbocycles. The Hall–Kier alpha value is -2.67. The first-order chi connectivity index (χ1) is 15.0. The molecule has 0 radical (unpaired) electrons. The van der Waals surface area contributed by atoms with E-state index < -0.39 is 0 Å². The van der Waals surface area contributed by atoms with Gasteiger partial charge in [-0.05, 0) is 43.0 Å². The Morgan fingerprint density at radius 1 is 1.29 bits per heavy atom. The van der Waals surface area contributed by atoms with Gasteiger partial charge in [-0.1, -0.05) is 19.1 Å². The highest BCUT2D eigenvalue weighted by atomic mass is 16.5. The van der Waals surface area contributed by atoms with E-state index in [9.17, 15) is 4.79 Å². The van der Waals surface area contributed by atoms with Crippen LogP contribution in [0, 0.1) is 0 Å². The molecule has 1 aliphatic heterocycles. The van der Waals surface area contributed by atoms with E-state index in [1.54, 1.807) is 14.0 Å². The van der Waals surface area contributed by atoms with Gasteiger partial charge in [-0.3, -0.25) is 0 Å². The summed E-state index contributed by atoms with van der Waals surface area (Å²) < 4.78 is 11.3. The molecule has 1 aromatic heterocycles. The Morgan fingerprint density at radius 3 is 2.77 bits per heavy atom. The smallest absolute Gasteiger partial charge is 0.226 e. The number of aromatic nitrogens is 2. The molecule has 1 fully saturated rings. The van der Waals surface area contributed by atoms with Crippen LogP contribution in [0.1, 0.15) is 44.6 Å². The average Bonchev–Trinajstić information content (AvgIpc) is 3.22. The van der Waals surface area contributed by atoms with Crippen LogP contribution >= 0.6 is 0 Å². The Morgan fingerprint density at radius 2 is 2.06 bits per heavy atom. The predicted molar refractivity (Wildman–Crippen MR) is 123 cm³/mol. The first-order valence-electron chi connectivity index (χ1n) is 11.0. The van der Waals surface area contributed by atoms with Crippen molar-refractivity contribution in [2.75, 3.05) is 50.2 Å². The Labute approximate surface area is 185 Å². The monoisotopic (exact) mass is 426 g/mol. The highest BCUT2D eigenvalue weighted by Crippen LogP contribution is 2.26. The molecule has 168 valence electrons. The molecule has 2 heterocycles. The highest BCUT2D eigenvalue weighted by Gasteiger charge is 2.25. The summed E-state index contributed by atoms with van der Waals surface area (Å²) in [5.74, 6) is 2.98. The standard InChI is InChI=1S/C24H34N4O3/c1-18(16-19(2)29)20-6-8-21(9-7-20)31-22-11-14-28(17-22)23-10-12-25-24(26-23)27(3)13-5-15-30-4/h6-10,12,18,22H,5,11,13-17H2,1-4H3/t18-,22-/m1/s1. The Bertz CT molecular complexity index is 843. The lowest BCUT2D eigenvalue weighted by Crippen LogP contribution is -2.27. The van der Waals surface area contributed by atoms with Crippen molar-refractivity contribution in [3.8, 4) is 5.75 Å². The number of ether oxygens (including phenoxy) is 2. The van der Waals surface area contributed by atoms with Crippen LogP contribution in [0.4, 0.5) is 11.8 Å². The number of hydrogen-bond donors (Lipinski definition) is 0. The number of methoxy groups -OCH3 is 1. The second-order valence-corrected chi connectivity index (χ2v) is 8.33. The van der Waals surface area contributed by atoms with Crippen LogP contribution in [0.25, 0.3) is 0 Å². The molecule has 0 N–H and O–H groups in total. The normalized spacial score (nSPS) is 16.9. The topological polar surface area (TPSA) is 67.8 Å². The summed E-state index contributed by atoms with van der Waals surface area (Å²) in [4.78, 5) is 24.8. The first-order valence-corrected chi connectivity index (χ1v) is 11.0. The van der Waals surface area contributed by atoms with Crippen molar-refractivity contribution in [3.63, 3.8) is 0 Å². The number of carbonyl (C=O) groups excluding carboxylic acids is 1. The lowest BCUT2D eigenvalue weighted by atomic mass is 9.96. The zero-order chi connectivity index (χ0) is 22.2. The Balaban J connectivity index is 1.54. The minimum atomic E-state index is 0.123. The van der Waals surface area contributed by atoms with Crippen LogP contribution < -0.4 is 14.5 Å². The quantitative estimate of drug-likeness (QED) is 0.508. The fourth-order valence-electron chi connectivity index (χ4n) is 3.89. The first kappa shape index (κ1) is 23.0. The molecular weight excluding hydrogens is 392 g/mol. The molecule has 1 aliphatic rings. The molecule has 1 saturated heterocycles. The molecule has 0 unspecified atom stereocenters. The van der Waals surface area contributed by atoms with Gasteiger partial charge in [0.1, 0.15) is 23.5 Å². The van der Waals surface area contributed by atoms with E-state index in [-0.39, 0.29) is 17.8 Å². The number of Topliss-reactive ketones (excluding diaryl/α,β-unsaturated/α-hetero) is 1. The zero-order valence-electron chi connectivity index (χ0n) is 19.1. The number of anilines is 2. The maximum atomic E-state index is 11.3. The number of rotatable bonds is 11. The van der Waals surface area contributed by atoms with Crippen LogP contribution in [0.15, 0.2) is 36.5 Å². The van der Waals surface area contributed by atoms with Crippen molar-refractivity contribution < 1.29 is 14.3 Å². The van der Waals surface area contributed by atoms with Gasteiger partial charge in [0.15, 0.2) is 0 Å². The summed E-state index contributed by atoms with van der Waals surface area (Å²) in [6.07, 6.45) is 4.40. The number of hydrogen-bond acceptors (Lipinski definition) is 7. The van der Waals surface area contributed by atoms with Gasteiger partial charge < -0.3 is 24.1 Å². The van der Waals surface area contributed by atoms with Crippen molar-refractivity contribution in [2.24, 2.45) is 0 Å². The number of carbonyl (C=O) groups is 1. The summed E-state index contributed by atoms with van der Waals surface area (Å²) in [6.45, 7) is 7.00. The maximum Gasteiger partial charge on any atom is 0.226 e. The van der Waals surface area contributed by atoms with E-state index in [1.807, 2.05) is 31.4 Å². The van der Waals surface area contributed by atoms with Crippen LogP contribution in [0.3, 0.4) is 0 Å². The molecule has 0 amide bonds. The average molecular weight is 427 g/mol. The number of ketones is 1. The van der Waals surface area contributed by atoms with Gasteiger partial charge in [0, 0.05) is 52.9 Å². The van der Waals surface area contributed by atoms with E-state index in [0.717, 1.165) is 56.6 Å². The summed E-state index contributed by atoms with van der Waals surface area (Å²) in [6, 6.07) is 10.1. The lowest BCUT2D eigenvalue weighted by molar-refractivity contribution is -0.117. The number of nitrogens with zero attached hydrogens (tertiary/aromatic N) is 4. The SMILES string of the molecule is COCCCN(C)c1nccc(N2CC[C@@H](Oc3ccc([C@H](C)CC(C)=O)cc3)C2)n1. The van der Waals surface area contributed by atoms with Gasteiger partial charge in [0.05, 0.1) is 6.54 Å². The third-order valence-electron chi connectivity index (χ3n) is 5.63. The molecule has 0 bridgehead atoms. The molecule has 7 heteroatoms. The molecular formula is C24H34N4O3. The van der Waals surface area contributed by atoms with Crippen molar-refractivity contribution in [1.82, 2.24) is 9.97 Å². The number of benzene rings is 1. The molecule has 1 aromatic carbocycles. The van der Waals surface area contributed by atoms with Crippen LogP contribution in [-0.4, -0.2) is 62.3 Å². The molecule has 31 heavy (non-hydrogen) atoms. The largest absolute Gasteiger partial charge is 0.489 e. The summed E-state index contributed by atoms with van der Waals surface area (Å²) in [5.41, 5.74) is 1.17. The van der Waals surface area contributed by atoms with E-state index in [2.05, 4.69) is 33.8 Å². The van der Waals surface area contributed by atoms with Gasteiger partial charge in [0.25, 0.3) is 0 Å². The summed E-state index contributed by atoms with van der Waals surface area (Å²) in [7, 11) is 3.72. The van der Waals surface area contributed by atoms with E-state index in [1.165, 1.54) is 5.56 Å². The summed E-state index contributed by atoms with van der Waals surface area (Å²) in [5, 5.41) is 0. The van der Waals surface area contributed by atoms with E-state index >= 15 is 0 Å². The van der Waals surface area contributed by atoms with Crippen molar-refractivity contribution in [3.05, 3.63) is 42.1 Å². The second kappa shape index (κ2) is 11.1. The van der Waals surface area contributed by atoms with Gasteiger partial charge in [-0.25, -0.2) is 4.98 Å². The van der Waals surface area contributed by atoms with Gasteiger partial charge in [0.2, 0.25) is 5.95 Å². The van der Waals surface area contributed by atoms with Crippen LogP contribution in [0.2, 0.25) is 0 Å². The van der Waals surface area contributed by atoms with Crippen molar-refractivity contribution >= 4 is 17.5 Å². The molecule has 0 aliphatic carbocycles. The molecule has 7 nitrogen and oxygen atoms in total. The second-order valence-electron chi connectivity index (χ2n) is 8.33. The van der Waals surface area contributed by atoms with Gasteiger partial charge >= 0.3 is 0 Å². The summed E-state index contributed by atoms with van der Waals surface area (Å²) >= 11 is 0. The lowest BCUT2D eigenvalue weighted by Gasteiger charge is -2.21. The van der Waals surface area contributed by atoms with Crippen LogP contribution in [-0.2, 0) is 9.53 Å². The minimum absolute atomic E-state index is 0.123. The fourth-order valence-corrected chi connectivity index (χ4v) is 3.89. The van der Waals surface area contributed by atoms with Gasteiger partial charge in [-0.15, -0.1) is 0 Å². The molecule has 2 aromatic rings. The Kier molecular flexibility index (Phi) is 8.23.